The number of aryl methyl sites for hydroxylation is 1. The van der Waals surface area contributed by atoms with Crippen molar-refractivity contribution in [2.45, 2.75) is 38.9 Å². The molecule has 2 aliphatic rings. The number of ether oxygens (including phenoxy) is 1. The molecule has 3 aromatic rings. The molecular weight excluding hydrogens is 448 g/mol. The molecule has 8 heteroatoms. The molecule has 1 N–H and O–H groups in total. The van der Waals surface area contributed by atoms with Crippen molar-refractivity contribution in [1.82, 2.24) is 15.2 Å². The van der Waals surface area contributed by atoms with Gasteiger partial charge in [-0.2, -0.15) is 0 Å². The molecule has 2 aromatic carbocycles. The molecule has 2 aliphatic heterocycles. The first kappa shape index (κ1) is 22.6. The van der Waals surface area contributed by atoms with E-state index in [0.717, 1.165) is 48.7 Å². The van der Waals surface area contributed by atoms with Crippen molar-refractivity contribution >= 4 is 28.8 Å². The van der Waals surface area contributed by atoms with Gasteiger partial charge < -0.3 is 10.1 Å². The van der Waals surface area contributed by atoms with Crippen LogP contribution in [0.3, 0.4) is 0 Å². The van der Waals surface area contributed by atoms with Gasteiger partial charge in [-0.1, -0.05) is 36.4 Å². The molecule has 0 spiro atoms. The largest absolute Gasteiger partial charge is 0.482 e. The zero-order valence-electron chi connectivity index (χ0n) is 19.2. The minimum absolute atomic E-state index is 0.0117. The standard InChI is InChI=1S/C26H28N4O3S/c1-18-7-8-23-22(13-18)30(25(31)16-33-23)15-24-28-21(17-34-24)26(32)27-20-9-11-29(12-10-20)14-19-5-3-2-4-6-19/h2-8,13,17,20H,9-12,14-16H2,1H3,(H,27,32). The Morgan fingerprint density at radius 1 is 1.15 bits per heavy atom. The lowest BCUT2D eigenvalue weighted by atomic mass is 10.0. The van der Waals surface area contributed by atoms with Crippen molar-refractivity contribution in [2.75, 3.05) is 24.6 Å². The Hall–Kier alpha value is -3.23. The van der Waals surface area contributed by atoms with Crippen LogP contribution in [0, 0.1) is 6.92 Å². The summed E-state index contributed by atoms with van der Waals surface area (Å²) in [4.78, 5) is 34.0. The van der Waals surface area contributed by atoms with Crippen LogP contribution in [-0.2, 0) is 17.9 Å². The number of carbonyl (C=O) groups is 2. The molecule has 7 nitrogen and oxygen atoms in total. The van der Waals surface area contributed by atoms with E-state index >= 15 is 0 Å². The van der Waals surface area contributed by atoms with E-state index in [9.17, 15) is 9.59 Å². The number of nitrogens with one attached hydrogen (secondary N) is 1. The number of aromatic nitrogens is 1. The summed E-state index contributed by atoms with van der Waals surface area (Å²) in [5.74, 6) is 0.438. The number of hydrogen-bond acceptors (Lipinski definition) is 6. The monoisotopic (exact) mass is 476 g/mol. The number of carbonyl (C=O) groups excluding carboxylic acids is 2. The van der Waals surface area contributed by atoms with Gasteiger partial charge in [-0.05, 0) is 43.0 Å². The minimum Gasteiger partial charge on any atom is -0.482 e. The third kappa shape index (κ3) is 5.13. The highest BCUT2D eigenvalue weighted by Gasteiger charge is 2.27. The average molecular weight is 477 g/mol. The van der Waals surface area contributed by atoms with E-state index < -0.39 is 0 Å². The summed E-state index contributed by atoms with van der Waals surface area (Å²) in [7, 11) is 0. The van der Waals surface area contributed by atoms with Crippen molar-refractivity contribution in [1.29, 1.82) is 0 Å². The third-order valence-electron chi connectivity index (χ3n) is 6.31. The van der Waals surface area contributed by atoms with Crippen LogP contribution >= 0.6 is 11.3 Å². The van der Waals surface area contributed by atoms with Crippen molar-refractivity contribution in [3.8, 4) is 5.75 Å². The summed E-state index contributed by atoms with van der Waals surface area (Å²) < 4.78 is 5.55. The van der Waals surface area contributed by atoms with Gasteiger partial charge in [0, 0.05) is 31.1 Å². The molecule has 176 valence electrons. The Morgan fingerprint density at radius 3 is 2.74 bits per heavy atom. The zero-order chi connectivity index (χ0) is 23.5. The van der Waals surface area contributed by atoms with Crippen LogP contribution in [-0.4, -0.2) is 47.4 Å². The highest BCUT2D eigenvalue weighted by molar-refractivity contribution is 7.09. The fourth-order valence-electron chi connectivity index (χ4n) is 4.44. The van der Waals surface area contributed by atoms with Gasteiger partial charge in [0.05, 0.1) is 12.2 Å². The van der Waals surface area contributed by atoms with Crippen LogP contribution in [0.5, 0.6) is 5.75 Å². The van der Waals surface area contributed by atoms with E-state index in [-0.39, 0.29) is 24.5 Å². The van der Waals surface area contributed by atoms with E-state index in [4.69, 9.17) is 4.74 Å². The summed E-state index contributed by atoms with van der Waals surface area (Å²) in [6.45, 7) is 5.18. The molecule has 5 rings (SSSR count). The lowest BCUT2D eigenvalue weighted by Crippen LogP contribution is -2.44. The Balaban J connectivity index is 1.16. The van der Waals surface area contributed by atoms with Gasteiger partial charge in [0.2, 0.25) is 0 Å². The molecule has 0 aliphatic carbocycles. The predicted octanol–water partition coefficient (Wildman–Crippen LogP) is 3.77. The molecule has 0 atom stereocenters. The summed E-state index contributed by atoms with van der Waals surface area (Å²) >= 11 is 1.40. The topological polar surface area (TPSA) is 74.8 Å². The number of benzene rings is 2. The maximum absolute atomic E-state index is 12.8. The molecule has 2 amide bonds. The van der Waals surface area contributed by atoms with Crippen LogP contribution < -0.4 is 15.0 Å². The number of rotatable bonds is 6. The van der Waals surface area contributed by atoms with Crippen LogP contribution in [0.4, 0.5) is 5.69 Å². The predicted molar refractivity (Wildman–Crippen MR) is 132 cm³/mol. The van der Waals surface area contributed by atoms with Crippen molar-refractivity contribution < 1.29 is 14.3 Å². The van der Waals surface area contributed by atoms with Gasteiger partial charge in [-0.25, -0.2) is 4.98 Å². The summed E-state index contributed by atoms with van der Waals surface area (Å²) in [6, 6.07) is 16.4. The second kappa shape index (κ2) is 9.95. The van der Waals surface area contributed by atoms with E-state index in [2.05, 4.69) is 39.5 Å². The number of piperidine rings is 1. The lowest BCUT2D eigenvalue weighted by Gasteiger charge is -2.32. The fourth-order valence-corrected chi connectivity index (χ4v) is 5.21. The molecule has 3 heterocycles. The highest BCUT2D eigenvalue weighted by atomic mass is 32.1. The van der Waals surface area contributed by atoms with E-state index in [1.165, 1.54) is 16.9 Å². The first-order valence-corrected chi connectivity index (χ1v) is 12.5. The highest BCUT2D eigenvalue weighted by Crippen LogP contribution is 2.34. The smallest absolute Gasteiger partial charge is 0.270 e. The number of nitrogens with zero attached hydrogens (tertiary/aromatic N) is 3. The molecule has 0 saturated carbocycles. The van der Waals surface area contributed by atoms with Gasteiger partial charge in [-0.15, -0.1) is 11.3 Å². The SMILES string of the molecule is Cc1ccc2c(c1)N(Cc1nc(C(=O)NC3CCN(Cc4ccccc4)CC3)cs1)C(=O)CO2. The molecule has 0 bridgehead atoms. The van der Waals surface area contributed by atoms with Crippen molar-refractivity contribution in [3.05, 3.63) is 75.7 Å². The molecule has 34 heavy (non-hydrogen) atoms. The van der Waals surface area contributed by atoms with Gasteiger partial charge in [-0.3, -0.25) is 19.4 Å². The number of anilines is 1. The maximum atomic E-state index is 12.8. The number of likely N-dealkylation sites (tertiary alicyclic amines) is 1. The lowest BCUT2D eigenvalue weighted by molar-refractivity contribution is -0.121. The Labute approximate surface area is 203 Å². The summed E-state index contributed by atoms with van der Waals surface area (Å²) in [5.41, 5.74) is 3.53. The van der Waals surface area contributed by atoms with E-state index in [0.29, 0.717) is 18.0 Å². The first-order valence-electron chi connectivity index (χ1n) is 11.6. The summed E-state index contributed by atoms with van der Waals surface area (Å²) in [5, 5.41) is 5.65. The van der Waals surface area contributed by atoms with E-state index in [1.807, 2.05) is 31.2 Å². The molecule has 1 aromatic heterocycles. The van der Waals surface area contributed by atoms with Crippen LogP contribution in [0.15, 0.2) is 53.9 Å². The molecule has 0 unspecified atom stereocenters. The molecule has 0 radical (unpaired) electrons. The summed E-state index contributed by atoms with van der Waals surface area (Å²) in [6.07, 6.45) is 1.85. The van der Waals surface area contributed by atoms with Crippen LogP contribution in [0.25, 0.3) is 0 Å². The molecule has 1 fully saturated rings. The number of amides is 2. The maximum Gasteiger partial charge on any atom is 0.270 e. The Morgan fingerprint density at radius 2 is 1.94 bits per heavy atom. The van der Waals surface area contributed by atoms with Gasteiger partial charge in [0.1, 0.15) is 16.5 Å². The minimum atomic E-state index is -0.145. The average Bonchev–Trinajstić information content (AvgIpc) is 3.32. The second-order valence-electron chi connectivity index (χ2n) is 8.88. The van der Waals surface area contributed by atoms with Gasteiger partial charge in [0.15, 0.2) is 6.61 Å². The van der Waals surface area contributed by atoms with Crippen molar-refractivity contribution in [3.63, 3.8) is 0 Å². The van der Waals surface area contributed by atoms with Crippen LogP contribution in [0.2, 0.25) is 0 Å². The first-order chi connectivity index (χ1) is 16.5. The van der Waals surface area contributed by atoms with Gasteiger partial charge >= 0.3 is 0 Å². The van der Waals surface area contributed by atoms with Crippen LogP contribution in [0.1, 0.15) is 39.5 Å². The van der Waals surface area contributed by atoms with Gasteiger partial charge in [0.25, 0.3) is 11.8 Å². The quantitative estimate of drug-likeness (QED) is 0.586. The normalized spacial score (nSPS) is 16.7. The number of thiazole rings is 1. The molecular formula is C26H28N4O3S. The number of hydrogen-bond donors (Lipinski definition) is 1. The second-order valence-corrected chi connectivity index (χ2v) is 9.82. The Bertz CT molecular complexity index is 1170. The van der Waals surface area contributed by atoms with E-state index in [1.54, 1.807) is 10.3 Å². The molecule has 1 saturated heterocycles. The number of fused-ring (bicyclic) bond motifs is 1. The fraction of sp³-hybridized carbons (Fsp3) is 0.346. The Kier molecular flexibility index (Phi) is 6.60. The van der Waals surface area contributed by atoms with Crippen molar-refractivity contribution in [2.24, 2.45) is 0 Å². The third-order valence-corrected chi connectivity index (χ3v) is 7.14. The zero-order valence-corrected chi connectivity index (χ0v) is 20.0.